The van der Waals surface area contributed by atoms with Crippen LogP contribution in [0.3, 0.4) is 0 Å². The summed E-state index contributed by atoms with van der Waals surface area (Å²) in [6.07, 6.45) is 7.01. The largest absolute Gasteiger partial charge is 0.492 e. The molecule has 0 heterocycles. The molecule has 2 unspecified atom stereocenters. The SMILES string of the molecule is CCCCCCCOc1ccc(-c2ccc(C(C)OC(=O)CC(C)CC)cc2)cc1C#N. The van der Waals surface area contributed by atoms with Crippen molar-refractivity contribution in [3.05, 3.63) is 53.6 Å². The van der Waals surface area contributed by atoms with E-state index in [1.807, 2.05) is 49.4 Å². The van der Waals surface area contributed by atoms with Crippen molar-refractivity contribution in [3.8, 4) is 22.9 Å². The molecule has 2 aromatic carbocycles. The predicted molar refractivity (Wildman–Crippen MR) is 129 cm³/mol. The molecule has 172 valence electrons. The van der Waals surface area contributed by atoms with Gasteiger partial charge in [0.25, 0.3) is 0 Å². The first-order valence-electron chi connectivity index (χ1n) is 11.9. The van der Waals surface area contributed by atoms with Gasteiger partial charge < -0.3 is 9.47 Å². The molecule has 0 aromatic heterocycles. The van der Waals surface area contributed by atoms with Gasteiger partial charge in [0.15, 0.2) is 0 Å². The molecular weight excluding hydrogens is 398 g/mol. The Morgan fingerprint density at radius 1 is 0.969 bits per heavy atom. The molecule has 0 aliphatic heterocycles. The highest BCUT2D eigenvalue weighted by atomic mass is 16.5. The minimum Gasteiger partial charge on any atom is -0.492 e. The maximum Gasteiger partial charge on any atom is 0.306 e. The van der Waals surface area contributed by atoms with Gasteiger partial charge in [-0.1, -0.05) is 83.2 Å². The molecule has 0 spiro atoms. The number of esters is 1. The summed E-state index contributed by atoms with van der Waals surface area (Å²) in [5.74, 6) is 0.820. The topological polar surface area (TPSA) is 59.3 Å². The van der Waals surface area contributed by atoms with Gasteiger partial charge in [0.2, 0.25) is 0 Å². The molecule has 2 atom stereocenters. The number of rotatable bonds is 13. The van der Waals surface area contributed by atoms with Crippen LogP contribution in [-0.4, -0.2) is 12.6 Å². The highest BCUT2D eigenvalue weighted by Gasteiger charge is 2.14. The van der Waals surface area contributed by atoms with E-state index < -0.39 is 0 Å². The fourth-order valence-corrected chi connectivity index (χ4v) is 3.50. The molecule has 0 radical (unpaired) electrons. The normalized spacial score (nSPS) is 12.6. The highest BCUT2D eigenvalue weighted by molar-refractivity contribution is 5.70. The molecule has 0 aliphatic rings. The Bertz CT molecular complexity index is 883. The van der Waals surface area contributed by atoms with Crippen molar-refractivity contribution < 1.29 is 14.3 Å². The van der Waals surface area contributed by atoms with E-state index in [9.17, 15) is 10.1 Å². The van der Waals surface area contributed by atoms with Gasteiger partial charge in [0.1, 0.15) is 17.9 Å². The minimum absolute atomic E-state index is 0.157. The average molecular weight is 436 g/mol. The predicted octanol–water partition coefficient (Wildman–Crippen LogP) is 7.61. The van der Waals surface area contributed by atoms with Gasteiger partial charge in [-0.25, -0.2) is 0 Å². The van der Waals surface area contributed by atoms with Crippen LogP contribution in [0.1, 0.15) is 89.9 Å². The second-order valence-electron chi connectivity index (χ2n) is 8.56. The molecule has 0 N–H and O–H groups in total. The number of carbonyl (C=O) groups excluding carboxylic acids is 1. The monoisotopic (exact) mass is 435 g/mol. The number of nitrogens with zero attached hydrogens (tertiary/aromatic N) is 1. The van der Waals surface area contributed by atoms with Crippen LogP contribution in [0.15, 0.2) is 42.5 Å². The second-order valence-corrected chi connectivity index (χ2v) is 8.56. The van der Waals surface area contributed by atoms with E-state index in [0.29, 0.717) is 30.3 Å². The molecule has 0 bridgehead atoms. The summed E-state index contributed by atoms with van der Waals surface area (Å²) >= 11 is 0. The van der Waals surface area contributed by atoms with Gasteiger partial charge >= 0.3 is 5.97 Å². The van der Waals surface area contributed by atoms with E-state index in [0.717, 1.165) is 36.0 Å². The molecule has 4 heteroatoms. The molecule has 0 fully saturated rings. The first-order chi connectivity index (χ1) is 15.5. The van der Waals surface area contributed by atoms with Crippen LogP contribution in [0, 0.1) is 17.2 Å². The van der Waals surface area contributed by atoms with Gasteiger partial charge in [-0.3, -0.25) is 4.79 Å². The van der Waals surface area contributed by atoms with Crippen LogP contribution in [0.4, 0.5) is 0 Å². The lowest BCUT2D eigenvalue weighted by atomic mass is 10.00. The van der Waals surface area contributed by atoms with Gasteiger partial charge in [-0.05, 0) is 48.1 Å². The molecule has 2 rings (SSSR count). The zero-order valence-corrected chi connectivity index (χ0v) is 20.0. The standard InChI is InChI=1S/C28H37NO3/c1-5-7-8-9-10-17-31-27-16-15-25(19-26(27)20-29)24-13-11-23(12-14-24)22(4)32-28(30)18-21(3)6-2/h11-16,19,21-22H,5-10,17-18H2,1-4H3. The number of unbranched alkanes of at least 4 members (excludes halogenated alkanes) is 4. The van der Waals surface area contributed by atoms with Crippen molar-refractivity contribution in [2.75, 3.05) is 6.61 Å². The number of hydrogen-bond acceptors (Lipinski definition) is 4. The first-order valence-corrected chi connectivity index (χ1v) is 11.9. The second kappa shape index (κ2) is 13.6. The van der Waals surface area contributed by atoms with E-state index in [-0.39, 0.29) is 12.1 Å². The van der Waals surface area contributed by atoms with Crippen molar-refractivity contribution in [3.63, 3.8) is 0 Å². The Morgan fingerprint density at radius 2 is 1.66 bits per heavy atom. The van der Waals surface area contributed by atoms with Crippen LogP contribution >= 0.6 is 0 Å². The zero-order valence-electron chi connectivity index (χ0n) is 20.0. The van der Waals surface area contributed by atoms with Crippen LogP contribution in [0.2, 0.25) is 0 Å². The smallest absolute Gasteiger partial charge is 0.306 e. The van der Waals surface area contributed by atoms with E-state index >= 15 is 0 Å². The van der Waals surface area contributed by atoms with Crippen LogP contribution in [0.5, 0.6) is 5.75 Å². The van der Waals surface area contributed by atoms with E-state index in [1.54, 1.807) is 0 Å². The first kappa shape index (κ1) is 25.5. The lowest BCUT2D eigenvalue weighted by molar-refractivity contribution is -0.149. The van der Waals surface area contributed by atoms with Gasteiger partial charge in [0, 0.05) is 6.42 Å². The van der Waals surface area contributed by atoms with Gasteiger partial charge in [-0.15, -0.1) is 0 Å². The third-order valence-electron chi connectivity index (χ3n) is 5.84. The Hall–Kier alpha value is -2.80. The van der Waals surface area contributed by atoms with Crippen LogP contribution in [-0.2, 0) is 9.53 Å². The van der Waals surface area contributed by atoms with Gasteiger partial charge in [-0.2, -0.15) is 5.26 Å². The number of benzene rings is 2. The van der Waals surface area contributed by atoms with E-state index in [4.69, 9.17) is 9.47 Å². The molecule has 32 heavy (non-hydrogen) atoms. The zero-order chi connectivity index (χ0) is 23.3. The summed E-state index contributed by atoms with van der Waals surface area (Å²) < 4.78 is 11.4. The molecule has 0 amide bonds. The number of hydrogen-bond donors (Lipinski definition) is 0. The summed E-state index contributed by atoms with van der Waals surface area (Å²) in [6.45, 7) is 8.87. The molecular formula is C28H37NO3. The van der Waals surface area contributed by atoms with Crippen molar-refractivity contribution in [1.82, 2.24) is 0 Å². The number of ether oxygens (including phenoxy) is 2. The Balaban J connectivity index is 1.98. The lowest BCUT2D eigenvalue weighted by Crippen LogP contribution is -2.12. The Kier molecular flexibility index (Phi) is 10.8. The Labute approximate surface area is 193 Å². The summed E-state index contributed by atoms with van der Waals surface area (Å²) in [7, 11) is 0. The average Bonchev–Trinajstić information content (AvgIpc) is 2.81. The number of carbonyl (C=O) groups is 1. The van der Waals surface area contributed by atoms with Crippen molar-refractivity contribution in [1.29, 1.82) is 5.26 Å². The van der Waals surface area contributed by atoms with E-state index in [2.05, 4.69) is 26.8 Å². The molecule has 2 aromatic rings. The minimum atomic E-state index is -0.289. The summed E-state index contributed by atoms with van der Waals surface area (Å²) in [4.78, 5) is 12.1. The van der Waals surface area contributed by atoms with E-state index in [1.165, 1.54) is 19.3 Å². The summed E-state index contributed by atoms with van der Waals surface area (Å²) in [5, 5.41) is 9.56. The highest BCUT2D eigenvalue weighted by Crippen LogP contribution is 2.28. The Morgan fingerprint density at radius 3 is 2.31 bits per heavy atom. The fraction of sp³-hybridized carbons (Fsp3) is 0.500. The number of nitriles is 1. The fourth-order valence-electron chi connectivity index (χ4n) is 3.50. The van der Waals surface area contributed by atoms with Crippen molar-refractivity contribution in [2.45, 2.75) is 78.7 Å². The van der Waals surface area contributed by atoms with Crippen LogP contribution < -0.4 is 4.74 Å². The lowest BCUT2D eigenvalue weighted by Gasteiger charge is -2.16. The molecule has 0 saturated carbocycles. The molecule has 0 saturated heterocycles. The molecule has 0 aliphatic carbocycles. The van der Waals surface area contributed by atoms with Crippen molar-refractivity contribution >= 4 is 5.97 Å². The maximum atomic E-state index is 12.1. The van der Waals surface area contributed by atoms with Gasteiger partial charge in [0.05, 0.1) is 12.2 Å². The summed E-state index contributed by atoms with van der Waals surface area (Å²) in [6, 6.07) is 15.9. The third kappa shape index (κ3) is 8.04. The third-order valence-corrected chi connectivity index (χ3v) is 5.84. The summed E-state index contributed by atoms with van der Waals surface area (Å²) in [5.41, 5.74) is 3.47. The maximum absolute atomic E-state index is 12.1. The molecule has 4 nitrogen and oxygen atoms in total. The quantitative estimate of drug-likeness (QED) is 0.240. The van der Waals surface area contributed by atoms with Crippen LogP contribution in [0.25, 0.3) is 11.1 Å². The van der Waals surface area contributed by atoms with Crippen molar-refractivity contribution in [2.24, 2.45) is 5.92 Å².